The molecule has 0 amide bonds. The summed E-state index contributed by atoms with van der Waals surface area (Å²) >= 11 is 0. The van der Waals surface area contributed by atoms with Gasteiger partial charge < -0.3 is 14.0 Å². The van der Waals surface area contributed by atoms with E-state index in [-0.39, 0.29) is 5.97 Å². The molecule has 0 aliphatic carbocycles. The van der Waals surface area contributed by atoms with Crippen LogP contribution >= 0.6 is 0 Å². The summed E-state index contributed by atoms with van der Waals surface area (Å²) in [6.07, 6.45) is 6.53. The van der Waals surface area contributed by atoms with Gasteiger partial charge in [0.2, 0.25) is 0 Å². The monoisotopic (exact) mass is 404 g/mol. The molecule has 5 nitrogen and oxygen atoms in total. The first-order chi connectivity index (χ1) is 14.7. The molecular formula is C25H28N2O3. The van der Waals surface area contributed by atoms with Crippen LogP contribution < -0.4 is 0 Å². The summed E-state index contributed by atoms with van der Waals surface area (Å²) in [5, 5.41) is 1.30. The van der Waals surface area contributed by atoms with Crippen molar-refractivity contribution in [3.05, 3.63) is 71.9 Å². The molecule has 4 rings (SSSR count). The molecule has 0 bridgehead atoms. The molecule has 5 heteroatoms. The average molecular weight is 405 g/mol. The summed E-state index contributed by atoms with van der Waals surface area (Å²) in [7, 11) is 0. The summed E-state index contributed by atoms with van der Waals surface area (Å²) in [6.45, 7) is 6.93. The van der Waals surface area contributed by atoms with E-state index in [1.54, 1.807) is 13.0 Å². The van der Waals surface area contributed by atoms with E-state index in [0.29, 0.717) is 6.61 Å². The average Bonchev–Trinajstić information content (AvgIpc) is 3.16. The Morgan fingerprint density at radius 1 is 1.10 bits per heavy atom. The van der Waals surface area contributed by atoms with Crippen molar-refractivity contribution < 1.29 is 14.3 Å². The van der Waals surface area contributed by atoms with Gasteiger partial charge in [0.1, 0.15) is 0 Å². The molecule has 0 radical (unpaired) electrons. The number of esters is 1. The second-order valence-electron chi connectivity index (χ2n) is 7.42. The maximum atomic E-state index is 11.5. The van der Waals surface area contributed by atoms with Crippen LogP contribution in [0.1, 0.15) is 18.1 Å². The van der Waals surface area contributed by atoms with Crippen molar-refractivity contribution in [2.45, 2.75) is 13.3 Å². The van der Waals surface area contributed by atoms with E-state index in [1.807, 2.05) is 12.1 Å². The molecule has 1 aromatic heterocycles. The van der Waals surface area contributed by atoms with Gasteiger partial charge in [0.05, 0.1) is 25.3 Å². The van der Waals surface area contributed by atoms with Gasteiger partial charge in [0, 0.05) is 43.0 Å². The lowest BCUT2D eigenvalue weighted by Gasteiger charge is -2.26. The lowest BCUT2D eigenvalue weighted by atomic mass is 10.1. The zero-order valence-electron chi connectivity index (χ0n) is 17.4. The van der Waals surface area contributed by atoms with Crippen molar-refractivity contribution in [3.63, 3.8) is 0 Å². The van der Waals surface area contributed by atoms with Crippen LogP contribution in [-0.2, 0) is 20.7 Å². The van der Waals surface area contributed by atoms with Gasteiger partial charge in [-0.3, -0.25) is 4.90 Å². The summed E-state index contributed by atoms with van der Waals surface area (Å²) < 4.78 is 12.6. The highest BCUT2D eigenvalue weighted by Gasteiger charge is 2.13. The number of morpholine rings is 1. The fourth-order valence-corrected chi connectivity index (χ4v) is 3.87. The van der Waals surface area contributed by atoms with Crippen molar-refractivity contribution in [2.75, 3.05) is 39.5 Å². The summed E-state index contributed by atoms with van der Waals surface area (Å²) in [6, 6.07) is 16.8. The van der Waals surface area contributed by atoms with E-state index in [1.165, 1.54) is 22.5 Å². The van der Waals surface area contributed by atoms with E-state index in [9.17, 15) is 4.79 Å². The number of para-hydroxylation sites is 1. The molecule has 0 spiro atoms. The van der Waals surface area contributed by atoms with Gasteiger partial charge in [0.25, 0.3) is 0 Å². The highest BCUT2D eigenvalue weighted by atomic mass is 16.5. The minimum Gasteiger partial charge on any atom is -0.463 e. The van der Waals surface area contributed by atoms with Gasteiger partial charge in [-0.25, -0.2) is 4.79 Å². The fraction of sp³-hybridized carbons (Fsp3) is 0.320. The highest BCUT2D eigenvalue weighted by molar-refractivity contribution is 5.87. The number of carbonyl (C=O) groups is 1. The number of ether oxygens (including phenoxy) is 2. The maximum Gasteiger partial charge on any atom is 0.330 e. The first kappa shape index (κ1) is 20.4. The quantitative estimate of drug-likeness (QED) is 0.440. The summed E-state index contributed by atoms with van der Waals surface area (Å²) in [4.78, 5) is 14.0. The third kappa shape index (κ3) is 4.81. The van der Waals surface area contributed by atoms with Crippen LogP contribution in [0.15, 0.2) is 60.8 Å². The Morgan fingerprint density at radius 2 is 1.87 bits per heavy atom. The molecule has 0 N–H and O–H groups in total. The summed E-state index contributed by atoms with van der Waals surface area (Å²) in [5.74, 6) is -0.317. The van der Waals surface area contributed by atoms with E-state index in [0.717, 1.165) is 50.5 Å². The van der Waals surface area contributed by atoms with Crippen molar-refractivity contribution in [3.8, 4) is 5.69 Å². The van der Waals surface area contributed by atoms with Crippen LogP contribution in [0.4, 0.5) is 0 Å². The van der Waals surface area contributed by atoms with Crippen LogP contribution in [0, 0.1) is 0 Å². The standard InChI is InChI=1S/C25H28N2O3/c1-2-30-25(28)12-9-20-7-10-22(11-8-20)27-19-21(23-5-3-4-6-24(23)27)13-14-26-15-17-29-18-16-26/h3-12,19H,2,13-18H2,1H3/b12-9+. The van der Waals surface area contributed by atoms with Crippen molar-refractivity contribution in [1.29, 1.82) is 0 Å². The number of hydrogen-bond acceptors (Lipinski definition) is 4. The van der Waals surface area contributed by atoms with Crippen LogP contribution in [-0.4, -0.2) is 54.9 Å². The molecule has 0 unspecified atom stereocenters. The van der Waals surface area contributed by atoms with Crippen molar-refractivity contribution in [2.24, 2.45) is 0 Å². The van der Waals surface area contributed by atoms with Gasteiger partial charge in [-0.1, -0.05) is 30.3 Å². The Hall–Kier alpha value is -2.89. The molecule has 1 saturated heterocycles. The largest absolute Gasteiger partial charge is 0.463 e. The second kappa shape index (κ2) is 9.74. The molecule has 3 aromatic rings. The van der Waals surface area contributed by atoms with Crippen molar-refractivity contribution >= 4 is 22.9 Å². The highest BCUT2D eigenvalue weighted by Crippen LogP contribution is 2.26. The Morgan fingerprint density at radius 3 is 2.63 bits per heavy atom. The topological polar surface area (TPSA) is 43.7 Å². The van der Waals surface area contributed by atoms with E-state index < -0.39 is 0 Å². The summed E-state index contributed by atoms with van der Waals surface area (Å²) in [5.41, 5.74) is 4.65. The first-order valence-electron chi connectivity index (χ1n) is 10.6. The lowest BCUT2D eigenvalue weighted by Crippen LogP contribution is -2.37. The molecule has 1 aliphatic rings. The number of hydrogen-bond donors (Lipinski definition) is 0. The van der Waals surface area contributed by atoms with Gasteiger partial charge in [-0.05, 0) is 48.7 Å². The first-order valence-corrected chi connectivity index (χ1v) is 10.6. The minimum atomic E-state index is -0.317. The van der Waals surface area contributed by atoms with Gasteiger partial charge in [-0.2, -0.15) is 0 Å². The number of aromatic nitrogens is 1. The zero-order chi connectivity index (χ0) is 20.8. The molecule has 156 valence electrons. The minimum absolute atomic E-state index is 0.317. The number of carbonyl (C=O) groups excluding carboxylic acids is 1. The number of nitrogens with zero attached hydrogens (tertiary/aromatic N) is 2. The van der Waals surface area contributed by atoms with E-state index in [4.69, 9.17) is 9.47 Å². The smallest absolute Gasteiger partial charge is 0.330 e. The Balaban J connectivity index is 1.54. The van der Waals surface area contributed by atoms with E-state index >= 15 is 0 Å². The molecular weight excluding hydrogens is 376 g/mol. The number of fused-ring (bicyclic) bond motifs is 1. The van der Waals surface area contributed by atoms with Crippen LogP contribution in [0.3, 0.4) is 0 Å². The molecule has 1 fully saturated rings. The van der Waals surface area contributed by atoms with E-state index in [2.05, 4.69) is 52.1 Å². The fourth-order valence-electron chi connectivity index (χ4n) is 3.87. The molecule has 2 aromatic carbocycles. The van der Waals surface area contributed by atoms with Crippen LogP contribution in [0.2, 0.25) is 0 Å². The SMILES string of the molecule is CCOC(=O)/C=C/c1ccc(-n2cc(CCN3CCOCC3)c3ccccc32)cc1. The third-order valence-electron chi connectivity index (χ3n) is 5.47. The molecule has 30 heavy (non-hydrogen) atoms. The Labute approximate surface area is 177 Å². The van der Waals surface area contributed by atoms with Crippen molar-refractivity contribution in [1.82, 2.24) is 9.47 Å². The molecule has 1 aliphatic heterocycles. The Bertz CT molecular complexity index is 1010. The number of rotatable bonds is 7. The number of benzene rings is 2. The lowest BCUT2D eigenvalue weighted by molar-refractivity contribution is -0.137. The third-order valence-corrected chi connectivity index (χ3v) is 5.47. The normalized spacial score (nSPS) is 15.1. The molecule has 0 atom stereocenters. The van der Waals surface area contributed by atoms with Crippen LogP contribution in [0.5, 0.6) is 0 Å². The molecule has 0 saturated carbocycles. The molecule has 2 heterocycles. The predicted molar refractivity (Wildman–Crippen MR) is 120 cm³/mol. The van der Waals surface area contributed by atoms with Crippen LogP contribution in [0.25, 0.3) is 22.7 Å². The second-order valence-corrected chi connectivity index (χ2v) is 7.42. The Kier molecular flexibility index (Phi) is 6.62. The predicted octanol–water partition coefficient (Wildman–Crippen LogP) is 4.08. The maximum absolute atomic E-state index is 11.5. The van der Waals surface area contributed by atoms with Gasteiger partial charge in [-0.15, -0.1) is 0 Å². The van der Waals surface area contributed by atoms with Gasteiger partial charge in [0.15, 0.2) is 0 Å². The zero-order valence-corrected chi connectivity index (χ0v) is 17.4. The van der Waals surface area contributed by atoms with Gasteiger partial charge >= 0.3 is 5.97 Å².